The lowest BCUT2D eigenvalue weighted by molar-refractivity contribution is 0.102. The van der Waals surface area contributed by atoms with Gasteiger partial charge in [-0.2, -0.15) is 0 Å². The number of fused-ring (bicyclic) bond motifs is 1. The van der Waals surface area contributed by atoms with E-state index < -0.39 is 0 Å². The third kappa shape index (κ3) is 1.26. The van der Waals surface area contributed by atoms with Crippen molar-refractivity contribution in [2.45, 2.75) is 33.1 Å². The summed E-state index contributed by atoms with van der Waals surface area (Å²) in [5, 5.41) is 0. The highest BCUT2D eigenvalue weighted by atomic mass is 16.1. The molecule has 1 aromatic rings. The molecule has 1 aliphatic carbocycles. The summed E-state index contributed by atoms with van der Waals surface area (Å²) in [4.78, 5) is 12.1. The van der Waals surface area contributed by atoms with Crippen molar-refractivity contribution in [2.24, 2.45) is 0 Å². The molecule has 0 fully saturated rings. The van der Waals surface area contributed by atoms with Crippen molar-refractivity contribution in [3.8, 4) is 0 Å². The fourth-order valence-electron chi connectivity index (χ4n) is 2.27. The molecule has 0 saturated carbocycles. The topological polar surface area (TPSA) is 17.1 Å². The van der Waals surface area contributed by atoms with E-state index in [2.05, 4.69) is 26.8 Å². The van der Waals surface area contributed by atoms with Crippen LogP contribution in [0.4, 0.5) is 0 Å². The molecule has 2 rings (SSSR count). The fourth-order valence-corrected chi connectivity index (χ4v) is 2.27. The highest BCUT2D eigenvalue weighted by molar-refractivity contribution is 6.11. The van der Waals surface area contributed by atoms with Crippen LogP contribution < -0.4 is 0 Å². The van der Waals surface area contributed by atoms with Crippen molar-refractivity contribution in [3.05, 3.63) is 46.5 Å². The van der Waals surface area contributed by atoms with E-state index in [1.165, 1.54) is 5.57 Å². The van der Waals surface area contributed by atoms with Gasteiger partial charge in [0.15, 0.2) is 5.78 Å². The zero-order valence-corrected chi connectivity index (χ0v) is 9.72. The summed E-state index contributed by atoms with van der Waals surface area (Å²) in [6, 6.07) is 7.92. The predicted molar refractivity (Wildman–Crippen MR) is 62.2 cm³/mol. The van der Waals surface area contributed by atoms with Crippen molar-refractivity contribution < 1.29 is 4.79 Å². The van der Waals surface area contributed by atoms with Crippen LogP contribution in [0.5, 0.6) is 0 Å². The van der Waals surface area contributed by atoms with E-state index >= 15 is 0 Å². The van der Waals surface area contributed by atoms with Crippen LogP contribution in [0.2, 0.25) is 0 Å². The molecule has 1 aliphatic rings. The molecule has 0 spiro atoms. The molecule has 0 saturated heterocycles. The monoisotopic (exact) mass is 200 g/mol. The quantitative estimate of drug-likeness (QED) is 0.626. The van der Waals surface area contributed by atoms with Gasteiger partial charge in [0.05, 0.1) is 0 Å². The van der Waals surface area contributed by atoms with Crippen LogP contribution >= 0.6 is 0 Å². The zero-order chi connectivity index (χ0) is 11.2. The number of Topliss-reactive ketones (excluding diaryl/α,β-unsaturated/α-hetero) is 1. The van der Waals surface area contributed by atoms with Crippen LogP contribution in [0.1, 0.15) is 43.6 Å². The first kappa shape index (κ1) is 10.2. The minimum absolute atomic E-state index is 0.0193. The van der Waals surface area contributed by atoms with Gasteiger partial charge < -0.3 is 0 Å². The highest BCUT2D eigenvalue weighted by Crippen LogP contribution is 2.40. The SMILES string of the molecule is CC1=C(C)C(C)(C)c2ccccc2C1=O. The third-order valence-electron chi connectivity index (χ3n) is 3.69. The van der Waals surface area contributed by atoms with E-state index in [4.69, 9.17) is 0 Å². The van der Waals surface area contributed by atoms with Crippen molar-refractivity contribution in [1.82, 2.24) is 0 Å². The van der Waals surface area contributed by atoms with Crippen LogP contribution in [-0.2, 0) is 5.41 Å². The average Bonchev–Trinajstić information content (AvgIpc) is 2.24. The number of carbonyl (C=O) groups is 1. The number of benzene rings is 1. The number of rotatable bonds is 0. The molecule has 0 amide bonds. The maximum absolute atomic E-state index is 12.1. The maximum atomic E-state index is 12.1. The lowest BCUT2D eigenvalue weighted by Crippen LogP contribution is -2.29. The summed E-state index contributed by atoms with van der Waals surface area (Å²) in [5.74, 6) is 0.183. The Morgan fingerprint density at radius 1 is 1.07 bits per heavy atom. The predicted octanol–water partition coefficient (Wildman–Crippen LogP) is 3.50. The second-order valence-corrected chi connectivity index (χ2v) is 4.75. The van der Waals surface area contributed by atoms with E-state index in [0.717, 1.165) is 16.7 Å². The first-order valence-corrected chi connectivity index (χ1v) is 5.28. The van der Waals surface area contributed by atoms with Crippen LogP contribution in [0.3, 0.4) is 0 Å². The van der Waals surface area contributed by atoms with Crippen LogP contribution in [-0.4, -0.2) is 5.78 Å². The Bertz CT molecular complexity index is 464. The fraction of sp³-hybridized carbons (Fsp3) is 0.357. The molecular formula is C14H16O. The lowest BCUT2D eigenvalue weighted by atomic mass is 9.69. The van der Waals surface area contributed by atoms with E-state index in [0.29, 0.717) is 0 Å². The second-order valence-electron chi connectivity index (χ2n) is 4.75. The smallest absolute Gasteiger partial charge is 0.189 e. The molecule has 0 heterocycles. The van der Waals surface area contributed by atoms with Gasteiger partial charge in [0.25, 0.3) is 0 Å². The van der Waals surface area contributed by atoms with Crippen LogP contribution in [0, 0.1) is 0 Å². The molecule has 0 unspecified atom stereocenters. The number of hydrogen-bond acceptors (Lipinski definition) is 1. The summed E-state index contributed by atoms with van der Waals surface area (Å²) >= 11 is 0. The highest BCUT2D eigenvalue weighted by Gasteiger charge is 2.34. The molecule has 0 aromatic heterocycles. The summed E-state index contributed by atoms with van der Waals surface area (Å²) in [5.41, 5.74) is 4.09. The van der Waals surface area contributed by atoms with E-state index in [1.54, 1.807) is 0 Å². The first-order valence-electron chi connectivity index (χ1n) is 5.28. The van der Waals surface area contributed by atoms with Gasteiger partial charge in [-0.25, -0.2) is 0 Å². The van der Waals surface area contributed by atoms with Crippen molar-refractivity contribution in [1.29, 1.82) is 0 Å². The molecule has 15 heavy (non-hydrogen) atoms. The molecule has 0 atom stereocenters. The third-order valence-corrected chi connectivity index (χ3v) is 3.69. The van der Waals surface area contributed by atoms with E-state index in [9.17, 15) is 4.79 Å². The largest absolute Gasteiger partial charge is 0.289 e. The van der Waals surface area contributed by atoms with Crippen molar-refractivity contribution >= 4 is 5.78 Å². The van der Waals surface area contributed by atoms with Gasteiger partial charge in [0.2, 0.25) is 0 Å². The molecule has 0 radical (unpaired) electrons. The van der Waals surface area contributed by atoms with Crippen LogP contribution in [0.25, 0.3) is 0 Å². The van der Waals surface area contributed by atoms with Gasteiger partial charge >= 0.3 is 0 Å². The molecule has 1 heteroatoms. The van der Waals surface area contributed by atoms with Gasteiger partial charge in [-0.05, 0) is 25.0 Å². The maximum Gasteiger partial charge on any atom is 0.189 e. The average molecular weight is 200 g/mol. The molecule has 0 bridgehead atoms. The molecule has 1 nitrogen and oxygen atoms in total. The summed E-state index contributed by atoms with van der Waals surface area (Å²) < 4.78 is 0. The zero-order valence-electron chi connectivity index (χ0n) is 9.72. The summed E-state index contributed by atoms with van der Waals surface area (Å²) in [7, 11) is 0. The minimum Gasteiger partial charge on any atom is -0.289 e. The number of ketones is 1. The molecule has 0 N–H and O–H groups in total. The normalized spacial score (nSPS) is 19.1. The van der Waals surface area contributed by atoms with Gasteiger partial charge in [0, 0.05) is 11.0 Å². The molecular weight excluding hydrogens is 184 g/mol. The number of carbonyl (C=O) groups excluding carboxylic acids is 1. The Kier molecular flexibility index (Phi) is 2.07. The second kappa shape index (κ2) is 3.06. The Labute approximate surface area is 90.8 Å². The van der Waals surface area contributed by atoms with Gasteiger partial charge in [-0.1, -0.05) is 43.7 Å². The lowest BCUT2D eigenvalue weighted by Gasteiger charge is -2.34. The number of allylic oxidation sites excluding steroid dienone is 2. The van der Waals surface area contributed by atoms with E-state index in [1.807, 2.05) is 25.1 Å². The van der Waals surface area contributed by atoms with Crippen molar-refractivity contribution in [3.63, 3.8) is 0 Å². The minimum atomic E-state index is -0.0193. The Morgan fingerprint density at radius 3 is 2.33 bits per heavy atom. The Morgan fingerprint density at radius 2 is 1.67 bits per heavy atom. The van der Waals surface area contributed by atoms with Gasteiger partial charge in [0.1, 0.15) is 0 Å². The van der Waals surface area contributed by atoms with E-state index in [-0.39, 0.29) is 11.2 Å². The van der Waals surface area contributed by atoms with Gasteiger partial charge in [-0.15, -0.1) is 0 Å². The van der Waals surface area contributed by atoms with Crippen molar-refractivity contribution in [2.75, 3.05) is 0 Å². The molecule has 0 aliphatic heterocycles. The summed E-state index contributed by atoms with van der Waals surface area (Å²) in [6.07, 6.45) is 0. The first-order chi connectivity index (χ1) is 6.96. The Balaban J connectivity index is 2.77. The standard InChI is InChI=1S/C14H16O/c1-9-10(2)14(3,4)12-8-6-5-7-11(12)13(9)15/h5-8H,1-4H3. The van der Waals surface area contributed by atoms with Crippen LogP contribution in [0.15, 0.2) is 35.4 Å². The Hall–Kier alpha value is -1.37. The summed E-state index contributed by atoms with van der Waals surface area (Å²) in [6.45, 7) is 8.34. The number of hydrogen-bond donors (Lipinski definition) is 0. The molecule has 1 aromatic carbocycles. The molecule has 78 valence electrons. The van der Waals surface area contributed by atoms with Gasteiger partial charge in [-0.3, -0.25) is 4.79 Å².